The highest BCUT2D eigenvalue weighted by Crippen LogP contribution is 2.12. The van der Waals surface area contributed by atoms with Crippen LogP contribution in [0.25, 0.3) is 0 Å². The first kappa shape index (κ1) is 43.3. The Morgan fingerprint density at radius 1 is 0.600 bits per heavy atom. The van der Waals surface area contributed by atoms with E-state index in [1.807, 2.05) is 6.08 Å². The summed E-state index contributed by atoms with van der Waals surface area (Å²) < 4.78 is 32.2. The number of amides is 1. The Bertz CT molecular complexity index is 894. The summed E-state index contributed by atoms with van der Waals surface area (Å²) in [5.41, 5.74) is 0. The molecule has 0 bridgehead atoms. The van der Waals surface area contributed by atoms with Crippen LogP contribution in [0.15, 0.2) is 48.6 Å². The van der Waals surface area contributed by atoms with E-state index in [0.29, 0.717) is 0 Å². The van der Waals surface area contributed by atoms with E-state index in [0.717, 1.165) is 64.2 Å². The Balaban J connectivity index is 3.95. The van der Waals surface area contributed by atoms with Crippen LogP contribution >= 0.6 is 0 Å². The zero-order valence-electron chi connectivity index (χ0n) is 29.0. The summed E-state index contributed by atoms with van der Waals surface area (Å²) >= 11 is 0. The number of aliphatic hydroxyl groups excluding tert-OH is 1. The van der Waals surface area contributed by atoms with Crippen molar-refractivity contribution in [2.24, 2.45) is 0 Å². The molecule has 0 fully saturated rings. The Morgan fingerprint density at radius 2 is 1.00 bits per heavy atom. The highest BCUT2D eigenvalue weighted by molar-refractivity contribution is 7.85. The molecule has 0 radical (unpaired) electrons. The Labute approximate surface area is 278 Å². The average Bonchev–Trinajstić information content (AvgIpc) is 3.00. The minimum atomic E-state index is -4.34. The SMILES string of the molecule is CCCCCCC/C=C\C/C=C\C/C=C\CCCCCCCCC(=O)NC(CS(=O)(=O)O)C(O)/C=C/CCCCCCCCC. The van der Waals surface area contributed by atoms with Crippen LogP contribution in [0.3, 0.4) is 0 Å². The van der Waals surface area contributed by atoms with Crippen molar-refractivity contribution in [1.29, 1.82) is 0 Å². The van der Waals surface area contributed by atoms with Gasteiger partial charge in [0, 0.05) is 6.42 Å². The molecule has 262 valence electrons. The maximum absolute atomic E-state index is 12.4. The first-order valence-electron chi connectivity index (χ1n) is 18.3. The number of nitrogens with one attached hydrogen (secondary N) is 1. The third-order valence-electron chi connectivity index (χ3n) is 8.00. The van der Waals surface area contributed by atoms with Gasteiger partial charge >= 0.3 is 0 Å². The van der Waals surface area contributed by atoms with Crippen molar-refractivity contribution < 1.29 is 22.9 Å². The predicted octanol–water partition coefficient (Wildman–Crippen LogP) is 10.3. The van der Waals surface area contributed by atoms with Crippen molar-refractivity contribution in [2.45, 2.75) is 180 Å². The predicted molar refractivity (Wildman–Crippen MR) is 193 cm³/mol. The topological polar surface area (TPSA) is 104 Å². The van der Waals surface area contributed by atoms with Crippen molar-refractivity contribution >= 4 is 16.0 Å². The standard InChI is InChI=1S/C38H69NO5S/c1-3-5-7-9-11-13-14-15-16-17-18-19-20-21-22-23-24-26-28-30-32-34-38(41)39-36(35-45(42,43)44)37(40)33-31-29-27-25-12-10-8-6-4-2/h14-15,17-18,20-21,31,33,36-37,40H,3-13,16,19,22-30,32,34-35H2,1-2H3,(H,39,41)(H,42,43,44)/b15-14-,18-17-,21-20-,33-31+. The van der Waals surface area contributed by atoms with E-state index < -0.39 is 28.0 Å². The minimum absolute atomic E-state index is 0.279. The average molecular weight is 652 g/mol. The van der Waals surface area contributed by atoms with E-state index in [4.69, 9.17) is 0 Å². The van der Waals surface area contributed by atoms with Crippen molar-refractivity contribution in [1.82, 2.24) is 5.32 Å². The molecule has 45 heavy (non-hydrogen) atoms. The van der Waals surface area contributed by atoms with Gasteiger partial charge in [-0.1, -0.05) is 152 Å². The van der Waals surface area contributed by atoms with Gasteiger partial charge in [-0.05, 0) is 57.8 Å². The second kappa shape index (κ2) is 32.2. The molecule has 0 saturated heterocycles. The second-order valence-electron chi connectivity index (χ2n) is 12.5. The number of carbonyl (C=O) groups is 1. The molecule has 7 heteroatoms. The lowest BCUT2D eigenvalue weighted by Gasteiger charge is -2.21. The molecule has 0 aromatic carbocycles. The van der Waals surface area contributed by atoms with Gasteiger partial charge in [-0.25, -0.2) is 0 Å². The van der Waals surface area contributed by atoms with Crippen molar-refractivity contribution in [3.63, 3.8) is 0 Å². The molecule has 2 unspecified atom stereocenters. The summed E-state index contributed by atoms with van der Waals surface area (Å²) in [6.07, 6.45) is 42.4. The maximum Gasteiger partial charge on any atom is 0.267 e. The lowest BCUT2D eigenvalue weighted by atomic mass is 10.1. The smallest absolute Gasteiger partial charge is 0.267 e. The summed E-state index contributed by atoms with van der Waals surface area (Å²) in [5, 5.41) is 13.1. The monoisotopic (exact) mass is 651 g/mol. The summed E-state index contributed by atoms with van der Waals surface area (Å²) in [5.74, 6) is -1.00. The van der Waals surface area contributed by atoms with Crippen LogP contribution in [0.2, 0.25) is 0 Å². The number of rotatable bonds is 32. The van der Waals surface area contributed by atoms with Crippen molar-refractivity contribution in [2.75, 3.05) is 5.75 Å². The molecule has 2 atom stereocenters. The van der Waals surface area contributed by atoms with Crippen LogP contribution in [0, 0.1) is 0 Å². The Kier molecular flexibility index (Phi) is 31.0. The number of carbonyl (C=O) groups excluding carboxylic acids is 1. The molecule has 0 aliphatic carbocycles. The van der Waals surface area contributed by atoms with Gasteiger partial charge in [-0.2, -0.15) is 8.42 Å². The number of aliphatic hydroxyl groups is 1. The van der Waals surface area contributed by atoms with E-state index in [9.17, 15) is 22.9 Å². The Hall–Kier alpha value is -1.70. The third-order valence-corrected chi connectivity index (χ3v) is 8.78. The molecule has 0 aromatic heterocycles. The van der Waals surface area contributed by atoms with E-state index in [1.165, 1.54) is 89.5 Å². The van der Waals surface area contributed by atoms with E-state index in [1.54, 1.807) is 0 Å². The molecule has 0 heterocycles. The van der Waals surface area contributed by atoms with Crippen molar-refractivity contribution in [3.8, 4) is 0 Å². The van der Waals surface area contributed by atoms with Crippen LogP contribution in [0.5, 0.6) is 0 Å². The minimum Gasteiger partial charge on any atom is -0.387 e. The third kappa shape index (κ3) is 33.5. The van der Waals surface area contributed by atoms with Gasteiger partial charge in [0.05, 0.1) is 17.9 Å². The zero-order valence-corrected chi connectivity index (χ0v) is 29.8. The fourth-order valence-electron chi connectivity index (χ4n) is 5.22. The first-order chi connectivity index (χ1) is 21.8. The zero-order chi connectivity index (χ0) is 33.3. The number of hydrogen-bond acceptors (Lipinski definition) is 4. The molecule has 0 aromatic rings. The summed E-state index contributed by atoms with van der Waals surface area (Å²) in [7, 11) is -4.34. The van der Waals surface area contributed by atoms with E-state index >= 15 is 0 Å². The molecule has 0 aliphatic heterocycles. The maximum atomic E-state index is 12.4. The molecule has 3 N–H and O–H groups in total. The largest absolute Gasteiger partial charge is 0.387 e. The van der Waals surface area contributed by atoms with Gasteiger partial charge < -0.3 is 10.4 Å². The lowest BCUT2D eigenvalue weighted by molar-refractivity contribution is -0.122. The summed E-state index contributed by atoms with van der Waals surface area (Å²) in [4.78, 5) is 12.4. The molecule has 0 spiro atoms. The van der Waals surface area contributed by atoms with Gasteiger partial charge in [0.15, 0.2) is 0 Å². The molecule has 1 amide bonds. The molecule has 0 rings (SSSR count). The highest BCUT2D eigenvalue weighted by Gasteiger charge is 2.24. The molecule has 6 nitrogen and oxygen atoms in total. The molecule has 0 saturated carbocycles. The Morgan fingerprint density at radius 3 is 1.47 bits per heavy atom. The first-order valence-corrected chi connectivity index (χ1v) is 19.9. The summed E-state index contributed by atoms with van der Waals surface area (Å²) in [6.45, 7) is 4.45. The van der Waals surface area contributed by atoms with Crippen LogP contribution in [-0.4, -0.2) is 41.9 Å². The molecular weight excluding hydrogens is 582 g/mol. The van der Waals surface area contributed by atoms with Crippen molar-refractivity contribution in [3.05, 3.63) is 48.6 Å². The van der Waals surface area contributed by atoms with Gasteiger partial charge in [0.25, 0.3) is 10.1 Å². The van der Waals surface area contributed by atoms with Crippen LogP contribution < -0.4 is 5.32 Å². The second-order valence-corrected chi connectivity index (χ2v) is 14.0. The van der Waals surface area contributed by atoms with Crippen LogP contribution in [0.4, 0.5) is 0 Å². The fourth-order valence-corrected chi connectivity index (χ4v) is 5.95. The fraction of sp³-hybridized carbons (Fsp3) is 0.763. The highest BCUT2D eigenvalue weighted by atomic mass is 32.2. The van der Waals surface area contributed by atoms with Gasteiger partial charge in [-0.3, -0.25) is 9.35 Å². The molecule has 0 aliphatic rings. The van der Waals surface area contributed by atoms with Gasteiger partial charge in [0.2, 0.25) is 5.91 Å². The quantitative estimate of drug-likeness (QED) is 0.0381. The molecular formula is C38H69NO5S. The van der Waals surface area contributed by atoms with E-state index in [-0.39, 0.29) is 12.3 Å². The number of allylic oxidation sites excluding steroid dienone is 7. The van der Waals surface area contributed by atoms with Crippen LogP contribution in [-0.2, 0) is 14.9 Å². The lowest BCUT2D eigenvalue weighted by Crippen LogP contribution is -2.46. The van der Waals surface area contributed by atoms with Gasteiger partial charge in [-0.15, -0.1) is 0 Å². The van der Waals surface area contributed by atoms with Gasteiger partial charge in [0.1, 0.15) is 0 Å². The summed E-state index contributed by atoms with van der Waals surface area (Å²) in [6, 6.07) is -1.06. The van der Waals surface area contributed by atoms with E-state index in [2.05, 4.69) is 55.6 Å². The number of unbranched alkanes of at least 4 members (excludes halogenated alkanes) is 18. The van der Waals surface area contributed by atoms with Crippen LogP contribution in [0.1, 0.15) is 168 Å². The number of hydrogen-bond donors (Lipinski definition) is 3. The normalized spacial score (nSPS) is 14.0.